The van der Waals surface area contributed by atoms with Crippen molar-refractivity contribution in [3.05, 3.63) is 69.4 Å². The van der Waals surface area contributed by atoms with Crippen molar-refractivity contribution in [2.24, 2.45) is 0 Å². The third-order valence-electron chi connectivity index (χ3n) is 3.88. The quantitative estimate of drug-likeness (QED) is 0.715. The standard InChI is InChI=1S/C17H14BrFO/c18-12-8-9-15(16(19)10-12)17(20)14-7-3-5-11-4-1-2-6-13(11)14/h1-2,4,6,8-10,14H,3,5,7H2. The lowest BCUT2D eigenvalue weighted by Gasteiger charge is -2.24. The Morgan fingerprint density at radius 2 is 2.00 bits per heavy atom. The summed E-state index contributed by atoms with van der Waals surface area (Å²) < 4.78 is 14.6. The number of carbonyl (C=O) groups is 1. The van der Waals surface area contributed by atoms with E-state index in [1.165, 1.54) is 11.6 Å². The number of hydrogen-bond donors (Lipinski definition) is 0. The molecule has 0 heterocycles. The van der Waals surface area contributed by atoms with Crippen LogP contribution < -0.4 is 0 Å². The van der Waals surface area contributed by atoms with Crippen LogP contribution in [-0.4, -0.2) is 5.78 Å². The fourth-order valence-corrected chi connectivity index (χ4v) is 3.24. The van der Waals surface area contributed by atoms with Crippen molar-refractivity contribution in [1.29, 1.82) is 0 Å². The average molecular weight is 333 g/mol. The van der Waals surface area contributed by atoms with Gasteiger partial charge in [-0.25, -0.2) is 4.39 Å². The van der Waals surface area contributed by atoms with Crippen LogP contribution in [0, 0.1) is 5.82 Å². The van der Waals surface area contributed by atoms with Crippen LogP contribution in [-0.2, 0) is 6.42 Å². The Kier molecular flexibility index (Phi) is 3.70. The van der Waals surface area contributed by atoms with Gasteiger partial charge in [0.1, 0.15) is 5.82 Å². The fourth-order valence-electron chi connectivity index (χ4n) is 2.90. The number of halogens is 2. The third-order valence-corrected chi connectivity index (χ3v) is 4.38. The molecule has 1 unspecified atom stereocenters. The zero-order valence-electron chi connectivity index (χ0n) is 10.9. The summed E-state index contributed by atoms with van der Waals surface area (Å²) in [5, 5.41) is 0. The van der Waals surface area contributed by atoms with E-state index in [0.29, 0.717) is 4.47 Å². The first-order chi connectivity index (χ1) is 9.66. The molecule has 0 saturated heterocycles. The second-order valence-electron chi connectivity index (χ2n) is 5.13. The van der Waals surface area contributed by atoms with Crippen LogP contribution in [0.4, 0.5) is 4.39 Å². The van der Waals surface area contributed by atoms with Crippen molar-refractivity contribution >= 4 is 21.7 Å². The van der Waals surface area contributed by atoms with Crippen molar-refractivity contribution < 1.29 is 9.18 Å². The molecule has 1 aliphatic rings. The second kappa shape index (κ2) is 5.49. The predicted octanol–water partition coefficient (Wildman–Crippen LogP) is 4.89. The Morgan fingerprint density at radius 3 is 2.80 bits per heavy atom. The molecule has 2 aromatic rings. The van der Waals surface area contributed by atoms with Gasteiger partial charge in [0.05, 0.1) is 5.56 Å². The maximum Gasteiger partial charge on any atom is 0.173 e. The second-order valence-corrected chi connectivity index (χ2v) is 6.05. The summed E-state index contributed by atoms with van der Waals surface area (Å²) in [4.78, 5) is 12.6. The first kappa shape index (κ1) is 13.5. The minimum Gasteiger partial charge on any atom is -0.293 e. The minimum absolute atomic E-state index is 0.109. The topological polar surface area (TPSA) is 17.1 Å². The van der Waals surface area contributed by atoms with Gasteiger partial charge in [-0.3, -0.25) is 4.79 Å². The summed E-state index contributed by atoms with van der Waals surface area (Å²) in [6, 6.07) is 12.6. The lowest BCUT2D eigenvalue weighted by molar-refractivity contribution is 0.0947. The number of aryl methyl sites for hydroxylation is 1. The highest BCUT2D eigenvalue weighted by Crippen LogP contribution is 2.34. The maximum absolute atomic E-state index is 14.0. The molecular weight excluding hydrogens is 319 g/mol. The van der Waals surface area contributed by atoms with Gasteiger partial charge in [-0.15, -0.1) is 0 Å². The highest BCUT2D eigenvalue weighted by Gasteiger charge is 2.28. The van der Waals surface area contributed by atoms with E-state index in [9.17, 15) is 9.18 Å². The summed E-state index contributed by atoms with van der Waals surface area (Å²) in [5.74, 6) is -0.773. The largest absolute Gasteiger partial charge is 0.293 e. The molecule has 2 aromatic carbocycles. The Morgan fingerprint density at radius 1 is 1.20 bits per heavy atom. The van der Waals surface area contributed by atoms with Crippen LogP contribution in [0.2, 0.25) is 0 Å². The molecule has 102 valence electrons. The summed E-state index contributed by atoms with van der Waals surface area (Å²) in [6.45, 7) is 0. The molecule has 0 saturated carbocycles. The number of benzene rings is 2. The Labute approximate surface area is 126 Å². The molecule has 1 atom stereocenters. The van der Waals surface area contributed by atoms with Crippen LogP contribution in [0.1, 0.15) is 40.2 Å². The molecule has 0 aliphatic heterocycles. The van der Waals surface area contributed by atoms with Crippen molar-refractivity contribution in [2.45, 2.75) is 25.2 Å². The highest BCUT2D eigenvalue weighted by atomic mass is 79.9. The first-order valence-electron chi connectivity index (χ1n) is 6.74. The summed E-state index contributed by atoms with van der Waals surface area (Å²) in [7, 11) is 0. The van der Waals surface area contributed by atoms with Crippen molar-refractivity contribution in [3.8, 4) is 0 Å². The van der Waals surface area contributed by atoms with E-state index in [2.05, 4.69) is 22.0 Å². The van der Waals surface area contributed by atoms with E-state index in [-0.39, 0.29) is 17.3 Å². The summed E-state index contributed by atoms with van der Waals surface area (Å²) in [6.07, 6.45) is 2.78. The van der Waals surface area contributed by atoms with E-state index in [1.807, 2.05) is 18.2 Å². The number of carbonyl (C=O) groups excluding carboxylic acids is 1. The number of fused-ring (bicyclic) bond motifs is 1. The molecule has 0 fully saturated rings. The Bertz CT molecular complexity index is 666. The molecule has 0 radical (unpaired) electrons. The molecule has 1 aliphatic carbocycles. The number of hydrogen-bond acceptors (Lipinski definition) is 1. The smallest absolute Gasteiger partial charge is 0.173 e. The number of Topliss-reactive ketones (excluding diaryl/α,β-unsaturated/α-hetero) is 1. The van der Waals surface area contributed by atoms with Crippen molar-refractivity contribution in [2.75, 3.05) is 0 Å². The zero-order valence-corrected chi connectivity index (χ0v) is 12.5. The predicted molar refractivity (Wildman–Crippen MR) is 80.6 cm³/mol. The molecule has 0 amide bonds. The van der Waals surface area contributed by atoms with E-state index in [4.69, 9.17) is 0 Å². The zero-order chi connectivity index (χ0) is 14.1. The van der Waals surface area contributed by atoms with Crippen LogP contribution in [0.3, 0.4) is 0 Å². The van der Waals surface area contributed by atoms with Gasteiger partial charge in [-0.05, 0) is 48.6 Å². The van der Waals surface area contributed by atoms with Gasteiger partial charge in [-0.2, -0.15) is 0 Å². The Hall–Kier alpha value is -1.48. The maximum atomic E-state index is 14.0. The molecule has 3 rings (SSSR count). The Balaban J connectivity index is 2.00. The fraction of sp³-hybridized carbons (Fsp3) is 0.235. The van der Waals surface area contributed by atoms with Gasteiger partial charge in [0.25, 0.3) is 0 Å². The van der Waals surface area contributed by atoms with Crippen LogP contribution in [0.25, 0.3) is 0 Å². The van der Waals surface area contributed by atoms with Gasteiger partial charge in [0.2, 0.25) is 0 Å². The van der Waals surface area contributed by atoms with E-state index >= 15 is 0 Å². The van der Waals surface area contributed by atoms with Crippen LogP contribution >= 0.6 is 15.9 Å². The summed E-state index contributed by atoms with van der Waals surface area (Å²) >= 11 is 3.22. The van der Waals surface area contributed by atoms with E-state index in [1.54, 1.807) is 12.1 Å². The number of rotatable bonds is 2. The van der Waals surface area contributed by atoms with Crippen molar-refractivity contribution in [1.82, 2.24) is 0 Å². The van der Waals surface area contributed by atoms with Gasteiger partial charge < -0.3 is 0 Å². The van der Waals surface area contributed by atoms with Crippen LogP contribution in [0.15, 0.2) is 46.9 Å². The summed E-state index contributed by atoms with van der Waals surface area (Å²) in [5.41, 5.74) is 2.47. The van der Waals surface area contributed by atoms with E-state index in [0.717, 1.165) is 24.8 Å². The lowest BCUT2D eigenvalue weighted by atomic mass is 9.79. The molecule has 1 nitrogen and oxygen atoms in total. The third kappa shape index (κ3) is 2.42. The highest BCUT2D eigenvalue weighted by molar-refractivity contribution is 9.10. The normalized spacial score (nSPS) is 17.6. The van der Waals surface area contributed by atoms with Gasteiger partial charge in [0, 0.05) is 10.4 Å². The average Bonchev–Trinajstić information content (AvgIpc) is 2.46. The van der Waals surface area contributed by atoms with Gasteiger partial charge in [0.15, 0.2) is 5.78 Å². The molecule has 0 aromatic heterocycles. The first-order valence-corrected chi connectivity index (χ1v) is 7.53. The lowest BCUT2D eigenvalue weighted by Crippen LogP contribution is -2.19. The molecular formula is C17H14BrFO. The van der Waals surface area contributed by atoms with Crippen molar-refractivity contribution in [3.63, 3.8) is 0 Å². The minimum atomic E-state index is -0.451. The van der Waals surface area contributed by atoms with E-state index < -0.39 is 5.82 Å². The molecule has 20 heavy (non-hydrogen) atoms. The SMILES string of the molecule is O=C(c1ccc(Br)cc1F)C1CCCc2ccccc21. The number of ketones is 1. The van der Waals surface area contributed by atoms with Gasteiger partial charge in [-0.1, -0.05) is 40.2 Å². The molecule has 0 bridgehead atoms. The molecule has 0 spiro atoms. The van der Waals surface area contributed by atoms with Crippen LogP contribution in [0.5, 0.6) is 0 Å². The molecule has 3 heteroatoms. The monoisotopic (exact) mass is 332 g/mol. The molecule has 0 N–H and O–H groups in total. The van der Waals surface area contributed by atoms with Gasteiger partial charge >= 0.3 is 0 Å².